The van der Waals surface area contributed by atoms with Crippen LogP contribution in [-0.4, -0.2) is 6.29 Å². The lowest BCUT2D eigenvalue weighted by atomic mass is 9.71. The summed E-state index contributed by atoms with van der Waals surface area (Å²) < 4.78 is 0. The van der Waals surface area contributed by atoms with Crippen molar-refractivity contribution in [1.82, 2.24) is 0 Å². The lowest BCUT2D eigenvalue weighted by molar-refractivity contribution is -0.117. The molecule has 2 aliphatic rings. The largest absolute Gasteiger partial charge is 0.303 e. The molecule has 0 amide bonds. The molecule has 1 heteroatoms. The van der Waals surface area contributed by atoms with E-state index < -0.39 is 0 Å². The van der Waals surface area contributed by atoms with Crippen molar-refractivity contribution >= 4 is 6.29 Å². The number of aldehydes is 1. The Bertz CT molecular complexity index is 187. The highest BCUT2D eigenvalue weighted by Gasteiger charge is 2.48. The van der Waals surface area contributed by atoms with E-state index in [1.165, 1.54) is 32.0 Å². The molecule has 2 rings (SSSR count). The summed E-state index contributed by atoms with van der Waals surface area (Å²) >= 11 is 0. The second-order valence-corrected chi connectivity index (χ2v) is 4.82. The van der Waals surface area contributed by atoms with E-state index in [1.807, 2.05) is 0 Å². The first-order chi connectivity index (χ1) is 5.18. The highest BCUT2D eigenvalue weighted by atomic mass is 16.1. The molecule has 0 heterocycles. The minimum atomic E-state index is 0.118. The van der Waals surface area contributed by atoms with E-state index in [-0.39, 0.29) is 5.41 Å². The molecule has 0 aliphatic heterocycles. The first kappa shape index (κ1) is 7.33. The Kier molecular flexibility index (Phi) is 1.39. The second-order valence-electron chi connectivity index (χ2n) is 4.82. The van der Waals surface area contributed by atoms with Crippen LogP contribution in [0.15, 0.2) is 0 Å². The summed E-state index contributed by atoms with van der Waals surface area (Å²) in [4.78, 5) is 10.9. The standard InChI is InChI=1S/C10H16O/c1-9-3-2-4-10(7-9,8-11)6-5-9/h8H,2-7H2,1H3. The van der Waals surface area contributed by atoms with E-state index in [2.05, 4.69) is 6.92 Å². The molecule has 0 aromatic rings. The number of carbonyl (C=O) groups excluding carboxylic acids is 1. The van der Waals surface area contributed by atoms with Crippen LogP contribution in [0.4, 0.5) is 0 Å². The van der Waals surface area contributed by atoms with Gasteiger partial charge in [0.05, 0.1) is 0 Å². The van der Waals surface area contributed by atoms with Gasteiger partial charge in [0.15, 0.2) is 0 Å². The van der Waals surface area contributed by atoms with Crippen molar-refractivity contribution in [2.45, 2.75) is 45.4 Å². The zero-order valence-electron chi connectivity index (χ0n) is 7.23. The van der Waals surface area contributed by atoms with Crippen molar-refractivity contribution in [2.24, 2.45) is 10.8 Å². The van der Waals surface area contributed by atoms with Gasteiger partial charge in [0.1, 0.15) is 6.29 Å². The van der Waals surface area contributed by atoms with Crippen LogP contribution in [0.2, 0.25) is 0 Å². The molecule has 11 heavy (non-hydrogen) atoms. The fourth-order valence-electron chi connectivity index (χ4n) is 3.03. The summed E-state index contributed by atoms with van der Waals surface area (Å²) in [5.41, 5.74) is 0.645. The third-order valence-corrected chi connectivity index (χ3v) is 3.71. The van der Waals surface area contributed by atoms with Crippen LogP contribution in [0.3, 0.4) is 0 Å². The van der Waals surface area contributed by atoms with Gasteiger partial charge in [-0.25, -0.2) is 0 Å². The highest BCUT2D eigenvalue weighted by molar-refractivity contribution is 5.60. The van der Waals surface area contributed by atoms with Crippen LogP contribution in [0.1, 0.15) is 45.4 Å². The van der Waals surface area contributed by atoms with Crippen LogP contribution < -0.4 is 0 Å². The highest BCUT2D eigenvalue weighted by Crippen LogP contribution is 2.57. The lowest BCUT2D eigenvalue weighted by Crippen LogP contribution is -2.26. The maximum atomic E-state index is 10.9. The van der Waals surface area contributed by atoms with Crippen molar-refractivity contribution in [3.63, 3.8) is 0 Å². The van der Waals surface area contributed by atoms with Gasteiger partial charge in [-0.2, -0.15) is 0 Å². The second kappa shape index (κ2) is 2.09. The van der Waals surface area contributed by atoms with Crippen molar-refractivity contribution in [3.05, 3.63) is 0 Å². The van der Waals surface area contributed by atoms with Crippen molar-refractivity contribution in [3.8, 4) is 0 Å². The third-order valence-electron chi connectivity index (χ3n) is 3.71. The first-order valence-electron chi connectivity index (χ1n) is 4.65. The zero-order chi connectivity index (χ0) is 7.95. The van der Waals surface area contributed by atoms with E-state index in [1.54, 1.807) is 0 Å². The van der Waals surface area contributed by atoms with E-state index >= 15 is 0 Å². The van der Waals surface area contributed by atoms with Crippen LogP contribution in [0, 0.1) is 10.8 Å². The third kappa shape index (κ3) is 1.02. The summed E-state index contributed by atoms with van der Waals surface area (Å²) in [6.07, 6.45) is 8.63. The quantitative estimate of drug-likeness (QED) is 0.528. The van der Waals surface area contributed by atoms with Crippen LogP contribution >= 0.6 is 0 Å². The van der Waals surface area contributed by atoms with Gasteiger partial charge in [0, 0.05) is 5.41 Å². The van der Waals surface area contributed by atoms with Crippen LogP contribution in [0.25, 0.3) is 0 Å². The van der Waals surface area contributed by atoms with E-state index in [0.717, 1.165) is 12.8 Å². The number of hydrogen-bond acceptors (Lipinski definition) is 1. The molecule has 0 radical (unpaired) electrons. The summed E-state index contributed by atoms with van der Waals surface area (Å²) in [5.74, 6) is 0. The number of fused-ring (bicyclic) bond motifs is 2. The van der Waals surface area contributed by atoms with Gasteiger partial charge in [-0.1, -0.05) is 13.3 Å². The van der Waals surface area contributed by atoms with Gasteiger partial charge in [-0.15, -0.1) is 0 Å². The number of hydrogen-bond donors (Lipinski definition) is 0. The molecular formula is C10H16O. The van der Waals surface area contributed by atoms with Gasteiger partial charge >= 0.3 is 0 Å². The molecule has 2 unspecified atom stereocenters. The number of rotatable bonds is 1. The van der Waals surface area contributed by atoms with Crippen molar-refractivity contribution in [2.75, 3.05) is 0 Å². The molecule has 0 aromatic heterocycles. The maximum Gasteiger partial charge on any atom is 0.126 e. The molecule has 2 saturated carbocycles. The lowest BCUT2D eigenvalue weighted by Gasteiger charge is -2.33. The van der Waals surface area contributed by atoms with E-state index in [9.17, 15) is 4.79 Å². The van der Waals surface area contributed by atoms with Gasteiger partial charge in [0.25, 0.3) is 0 Å². The van der Waals surface area contributed by atoms with Gasteiger partial charge in [-0.3, -0.25) is 0 Å². The minimum Gasteiger partial charge on any atom is -0.303 e. The summed E-state index contributed by atoms with van der Waals surface area (Å²) in [6.45, 7) is 2.34. The molecule has 0 N–H and O–H groups in total. The number of carbonyl (C=O) groups is 1. The van der Waals surface area contributed by atoms with Gasteiger partial charge in [0.2, 0.25) is 0 Å². The van der Waals surface area contributed by atoms with Crippen LogP contribution in [-0.2, 0) is 4.79 Å². The minimum absolute atomic E-state index is 0.118. The fraction of sp³-hybridized carbons (Fsp3) is 0.900. The topological polar surface area (TPSA) is 17.1 Å². The zero-order valence-corrected chi connectivity index (χ0v) is 7.23. The fourth-order valence-corrected chi connectivity index (χ4v) is 3.03. The molecule has 62 valence electrons. The van der Waals surface area contributed by atoms with Crippen LogP contribution in [0.5, 0.6) is 0 Å². The Morgan fingerprint density at radius 1 is 1.18 bits per heavy atom. The van der Waals surface area contributed by atoms with Crippen molar-refractivity contribution in [1.29, 1.82) is 0 Å². The Morgan fingerprint density at radius 2 is 2.00 bits per heavy atom. The van der Waals surface area contributed by atoms with Crippen molar-refractivity contribution < 1.29 is 4.79 Å². The van der Waals surface area contributed by atoms with Gasteiger partial charge < -0.3 is 4.79 Å². The summed E-state index contributed by atoms with van der Waals surface area (Å²) in [5, 5.41) is 0. The SMILES string of the molecule is CC12CCCC(C=O)(CC1)C2. The molecule has 2 bridgehead atoms. The van der Waals surface area contributed by atoms with E-state index in [4.69, 9.17) is 0 Å². The Balaban J connectivity index is 2.23. The molecular weight excluding hydrogens is 136 g/mol. The summed E-state index contributed by atoms with van der Waals surface area (Å²) in [6, 6.07) is 0. The first-order valence-corrected chi connectivity index (χ1v) is 4.65. The smallest absolute Gasteiger partial charge is 0.126 e. The van der Waals surface area contributed by atoms with E-state index in [0.29, 0.717) is 5.41 Å². The predicted octanol–water partition coefficient (Wildman–Crippen LogP) is 2.55. The molecule has 0 saturated heterocycles. The molecule has 2 fully saturated rings. The van der Waals surface area contributed by atoms with Gasteiger partial charge in [-0.05, 0) is 37.5 Å². The molecule has 2 aliphatic carbocycles. The molecule has 0 aromatic carbocycles. The Labute approximate surface area is 68.2 Å². The average molecular weight is 152 g/mol. The Hall–Kier alpha value is -0.330. The molecule has 0 spiro atoms. The predicted molar refractivity (Wildman–Crippen MR) is 44.3 cm³/mol. The Morgan fingerprint density at radius 3 is 2.64 bits per heavy atom. The average Bonchev–Trinajstić information content (AvgIpc) is 2.24. The monoisotopic (exact) mass is 152 g/mol. The normalized spacial score (nSPS) is 49.2. The molecule has 1 nitrogen and oxygen atoms in total. The molecule has 2 atom stereocenters. The summed E-state index contributed by atoms with van der Waals surface area (Å²) in [7, 11) is 0. The maximum absolute atomic E-state index is 10.9.